The Morgan fingerprint density at radius 1 is 1.54 bits per heavy atom. The number of aliphatic carboxylic acids is 1. The van der Waals surface area contributed by atoms with Gasteiger partial charge in [0, 0.05) is 0 Å². The summed E-state index contributed by atoms with van der Waals surface area (Å²) in [5.41, 5.74) is -0.330. The van der Waals surface area contributed by atoms with Crippen LogP contribution in [0.3, 0.4) is 0 Å². The third kappa shape index (κ3) is 2.11. The lowest BCUT2D eigenvalue weighted by Gasteiger charge is -2.24. The molecule has 1 atom stereocenters. The van der Waals surface area contributed by atoms with Crippen molar-refractivity contribution < 1.29 is 14.3 Å². The van der Waals surface area contributed by atoms with Gasteiger partial charge >= 0.3 is 5.97 Å². The Balaban J connectivity index is 3.01. The van der Waals surface area contributed by atoms with Gasteiger partial charge in [0.25, 0.3) is 0 Å². The van der Waals surface area contributed by atoms with E-state index in [9.17, 15) is 4.79 Å². The number of furan rings is 1. The minimum atomic E-state index is -0.845. The molecule has 1 N–H and O–H groups in total. The molecule has 1 rings (SSSR count). The van der Waals surface area contributed by atoms with E-state index in [0.29, 0.717) is 5.76 Å². The van der Waals surface area contributed by atoms with Gasteiger partial charge in [0.15, 0.2) is 0 Å². The molecule has 0 aliphatic heterocycles. The fraction of sp³-hybridized carbons (Fsp3) is 0.500. The van der Waals surface area contributed by atoms with Crippen molar-refractivity contribution in [3.63, 3.8) is 0 Å². The Morgan fingerprint density at radius 3 is 2.46 bits per heavy atom. The van der Waals surface area contributed by atoms with Crippen molar-refractivity contribution in [2.45, 2.75) is 26.7 Å². The van der Waals surface area contributed by atoms with Crippen molar-refractivity contribution in [2.24, 2.45) is 5.41 Å². The number of carboxylic acid groups (broad SMARTS) is 1. The maximum absolute atomic E-state index is 11.0. The zero-order chi connectivity index (χ0) is 10.1. The first-order chi connectivity index (χ1) is 5.93. The van der Waals surface area contributed by atoms with Crippen molar-refractivity contribution in [2.75, 3.05) is 0 Å². The molecule has 0 aromatic carbocycles. The average molecular weight is 182 g/mol. The number of rotatable bonds is 2. The molecule has 0 saturated heterocycles. The summed E-state index contributed by atoms with van der Waals surface area (Å²) in [5.74, 6) is -0.912. The van der Waals surface area contributed by atoms with Crippen LogP contribution in [-0.4, -0.2) is 11.1 Å². The Morgan fingerprint density at radius 2 is 2.15 bits per heavy atom. The number of carbonyl (C=O) groups is 1. The van der Waals surface area contributed by atoms with Gasteiger partial charge in [-0.2, -0.15) is 0 Å². The fourth-order valence-corrected chi connectivity index (χ4v) is 1.37. The van der Waals surface area contributed by atoms with E-state index in [0.717, 1.165) is 0 Å². The van der Waals surface area contributed by atoms with Crippen LogP contribution in [0.4, 0.5) is 0 Å². The van der Waals surface area contributed by atoms with E-state index in [2.05, 4.69) is 0 Å². The van der Waals surface area contributed by atoms with Gasteiger partial charge in [0.1, 0.15) is 11.7 Å². The van der Waals surface area contributed by atoms with E-state index in [1.165, 1.54) is 6.26 Å². The second kappa shape index (κ2) is 3.24. The smallest absolute Gasteiger partial charge is 0.314 e. The first-order valence-electron chi connectivity index (χ1n) is 4.19. The fourth-order valence-electron chi connectivity index (χ4n) is 1.37. The molecular formula is C10H14O3. The quantitative estimate of drug-likeness (QED) is 0.764. The molecule has 0 aliphatic carbocycles. The van der Waals surface area contributed by atoms with Crippen molar-refractivity contribution in [3.8, 4) is 0 Å². The molecule has 1 unspecified atom stereocenters. The third-order valence-electron chi connectivity index (χ3n) is 1.94. The highest BCUT2D eigenvalue weighted by atomic mass is 16.4. The first-order valence-corrected chi connectivity index (χ1v) is 4.19. The summed E-state index contributed by atoms with van der Waals surface area (Å²) in [6.45, 7) is 5.65. The van der Waals surface area contributed by atoms with Gasteiger partial charge in [0.05, 0.1) is 6.26 Å². The summed E-state index contributed by atoms with van der Waals surface area (Å²) in [4.78, 5) is 11.0. The topological polar surface area (TPSA) is 50.4 Å². The molecule has 0 aliphatic rings. The first kappa shape index (κ1) is 9.84. The van der Waals surface area contributed by atoms with Crippen molar-refractivity contribution in [1.29, 1.82) is 0 Å². The summed E-state index contributed by atoms with van der Waals surface area (Å²) in [6.07, 6.45) is 1.50. The summed E-state index contributed by atoms with van der Waals surface area (Å²) in [5, 5.41) is 9.02. The van der Waals surface area contributed by atoms with Crippen molar-refractivity contribution in [3.05, 3.63) is 24.2 Å². The second-order valence-electron chi connectivity index (χ2n) is 4.15. The van der Waals surface area contributed by atoms with Gasteiger partial charge in [0.2, 0.25) is 0 Å². The molecule has 72 valence electrons. The average Bonchev–Trinajstić information content (AvgIpc) is 2.34. The molecule has 1 heterocycles. The van der Waals surface area contributed by atoms with Crippen LogP contribution in [0.2, 0.25) is 0 Å². The van der Waals surface area contributed by atoms with E-state index in [1.807, 2.05) is 20.8 Å². The van der Waals surface area contributed by atoms with Crippen LogP contribution in [0.5, 0.6) is 0 Å². The lowest BCUT2D eigenvalue weighted by molar-refractivity contribution is -0.142. The summed E-state index contributed by atoms with van der Waals surface area (Å²) >= 11 is 0. The van der Waals surface area contributed by atoms with Gasteiger partial charge in [-0.3, -0.25) is 4.79 Å². The molecule has 0 fully saturated rings. The van der Waals surface area contributed by atoms with Gasteiger partial charge < -0.3 is 9.52 Å². The molecule has 0 bridgehead atoms. The number of hydrogen-bond donors (Lipinski definition) is 1. The normalized spacial score (nSPS) is 14.1. The van der Waals surface area contributed by atoms with Gasteiger partial charge in [-0.1, -0.05) is 20.8 Å². The van der Waals surface area contributed by atoms with E-state index in [1.54, 1.807) is 12.1 Å². The largest absolute Gasteiger partial charge is 0.481 e. The lowest BCUT2D eigenvalue weighted by Crippen LogP contribution is -2.25. The van der Waals surface area contributed by atoms with Crippen molar-refractivity contribution in [1.82, 2.24) is 0 Å². The summed E-state index contributed by atoms with van der Waals surface area (Å²) in [7, 11) is 0. The molecule has 3 heteroatoms. The minimum absolute atomic E-state index is 0.330. The van der Waals surface area contributed by atoms with Gasteiger partial charge in [-0.05, 0) is 17.5 Å². The van der Waals surface area contributed by atoms with Crippen LogP contribution in [0.1, 0.15) is 32.4 Å². The van der Waals surface area contributed by atoms with Crippen LogP contribution in [0, 0.1) is 5.41 Å². The van der Waals surface area contributed by atoms with Crippen LogP contribution >= 0.6 is 0 Å². The Labute approximate surface area is 77.4 Å². The van der Waals surface area contributed by atoms with Gasteiger partial charge in [-0.15, -0.1) is 0 Å². The maximum Gasteiger partial charge on any atom is 0.314 e. The molecule has 1 aromatic rings. The standard InChI is InChI=1S/C10H14O3/c1-10(2,3)8(9(11)12)7-5-4-6-13-7/h4-6,8H,1-3H3,(H,11,12). The van der Waals surface area contributed by atoms with Crippen LogP contribution < -0.4 is 0 Å². The predicted octanol–water partition coefficient (Wildman–Crippen LogP) is 2.49. The second-order valence-corrected chi connectivity index (χ2v) is 4.15. The zero-order valence-corrected chi connectivity index (χ0v) is 8.07. The number of carboxylic acids is 1. The highest BCUT2D eigenvalue weighted by Crippen LogP contribution is 2.35. The molecule has 0 amide bonds. The predicted molar refractivity (Wildman–Crippen MR) is 48.5 cm³/mol. The zero-order valence-electron chi connectivity index (χ0n) is 8.07. The Hall–Kier alpha value is -1.25. The Bertz CT molecular complexity index is 280. The van der Waals surface area contributed by atoms with Crippen LogP contribution in [-0.2, 0) is 4.79 Å². The monoisotopic (exact) mass is 182 g/mol. The molecule has 1 aromatic heterocycles. The van der Waals surface area contributed by atoms with E-state index >= 15 is 0 Å². The number of hydrogen-bond acceptors (Lipinski definition) is 2. The molecule has 0 saturated carbocycles. The molecule has 0 radical (unpaired) electrons. The molecule has 3 nitrogen and oxygen atoms in total. The van der Waals surface area contributed by atoms with Crippen molar-refractivity contribution >= 4 is 5.97 Å². The highest BCUT2D eigenvalue weighted by molar-refractivity contribution is 5.76. The van der Waals surface area contributed by atoms with E-state index in [4.69, 9.17) is 9.52 Å². The third-order valence-corrected chi connectivity index (χ3v) is 1.94. The highest BCUT2D eigenvalue weighted by Gasteiger charge is 2.34. The molecule has 13 heavy (non-hydrogen) atoms. The van der Waals surface area contributed by atoms with Crippen LogP contribution in [0.25, 0.3) is 0 Å². The molecule has 0 spiro atoms. The molecular weight excluding hydrogens is 168 g/mol. The minimum Gasteiger partial charge on any atom is -0.481 e. The summed E-state index contributed by atoms with van der Waals surface area (Å²) < 4.78 is 5.10. The summed E-state index contributed by atoms with van der Waals surface area (Å²) in [6, 6.07) is 3.40. The Kier molecular flexibility index (Phi) is 2.45. The lowest BCUT2D eigenvalue weighted by atomic mass is 9.79. The SMILES string of the molecule is CC(C)(C)C(C(=O)O)c1ccco1. The maximum atomic E-state index is 11.0. The van der Waals surface area contributed by atoms with E-state index in [-0.39, 0.29) is 5.41 Å². The van der Waals surface area contributed by atoms with Gasteiger partial charge in [-0.25, -0.2) is 0 Å². The van der Waals surface area contributed by atoms with E-state index < -0.39 is 11.9 Å². The van der Waals surface area contributed by atoms with Crippen LogP contribution in [0.15, 0.2) is 22.8 Å².